The summed E-state index contributed by atoms with van der Waals surface area (Å²) in [6.45, 7) is 0.200. The Morgan fingerprint density at radius 1 is 0.679 bits per heavy atom. The van der Waals surface area contributed by atoms with Crippen LogP contribution in [0.5, 0.6) is 0 Å². The largest absolute Gasteiger partial charge is 0.458 e. The molecule has 0 saturated carbocycles. The van der Waals surface area contributed by atoms with Gasteiger partial charge in [-0.05, 0) is 60.4 Å². The smallest absolute Gasteiger partial charge is 0.338 e. The number of fused-ring (bicyclic) bond motifs is 8. The van der Waals surface area contributed by atoms with E-state index in [-0.39, 0.29) is 13.2 Å². The number of amides is 2. The van der Waals surface area contributed by atoms with Gasteiger partial charge in [-0.15, -0.1) is 0 Å². The Labute approximate surface area is 160 Å². The molecule has 144 valence electrons. The summed E-state index contributed by atoms with van der Waals surface area (Å²) in [5.41, 5.74) is 14.1. The van der Waals surface area contributed by atoms with Gasteiger partial charge in [-0.25, -0.2) is 9.59 Å². The number of rotatable bonds is 2. The van der Waals surface area contributed by atoms with Crippen molar-refractivity contribution in [1.29, 1.82) is 0 Å². The van der Waals surface area contributed by atoms with E-state index in [1.807, 2.05) is 0 Å². The van der Waals surface area contributed by atoms with Gasteiger partial charge in [0, 0.05) is 11.1 Å². The molecule has 28 heavy (non-hydrogen) atoms. The van der Waals surface area contributed by atoms with Crippen LogP contribution in [0.1, 0.15) is 52.6 Å². The first-order valence-corrected chi connectivity index (χ1v) is 8.57. The third-order valence-corrected chi connectivity index (χ3v) is 4.49. The van der Waals surface area contributed by atoms with Crippen molar-refractivity contribution in [3.63, 3.8) is 0 Å². The quantitative estimate of drug-likeness (QED) is 0.743. The average Bonchev–Trinajstić information content (AvgIpc) is 2.65. The van der Waals surface area contributed by atoms with E-state index in [9.17, 15) is 19.2 Å². The Morgan fingerprint density at radius 2 is 1.04 bits per heavy atom. The molecule has 2 aliphatic heterocycles. The van der Waals surface area contributed by atoms with Crippen LogP contribution in [-0.2, 0) is 22.3 Å². The van der Waals surface area contributed by atoms with Crippen molar-refractivity contribution in [2.24, 2.45) is 11.5 Å². The standard InChI is InChI=1S/C10H10N2O2.C10H8O4/c11-9(13)7-3-4-8(10(12)14)6-2-1-5(6)7;11-9-7-1-2-8(4-3-7)10(12)14-6-5-13-9/h3-4H,1-2H2,(H2,11,13)(H2,12,14);1-4H,5-6H2. The van der Waals surface area contributed by atoms with Gasteiger partial charge in [0.1, 0.15) is 13.2 Å². The highest BCUT2D eigenvalue weighted by molar-refractivity contribution is 6.00. The molecule has 4 N–H and O–H groups in total. The molecule has 8 nitrogen and oxygen atoms in total. The van der Waals surface area contributed by atoms with Crippen molar-refractivity contribution < 1.29 is 28.7 Å². The summed E-state index contributed by atoms with van der Waals surface area (Å²) in [6.07, 6.45) is 1.60. The van der Waals surface area contributed by atoms with Crippen molar-refractivity contribution in [2.45, 2.75) is 12.8 Å². The maximum atomic E-state index is 11.3. The second-order valence-electron chi connectivity index (χ2n) is 6.20. The third kappa shape index (κ3) is 3.85. The van der Waals surface area contributed by atoms with Gasteiger partial charge in [0.05, 0.1) is 11.1 Å². The topological polar surface area (TPSA) is 139 Å². The molecule has 0 unspecified atom stereocenters. The van der Waals surface area contributed by atoms with Crippen LogP contribution in [-0.4, -0.2) is 37.0 Å². The van der Waals surface area contributed by atoms with Crippen LogP contribution < -0.4 is 11.5 Å². The minimum atomic E-state index is -0.447. The van der Waals surface area contributed by atoms with E-state index in [1.54, 1.807) is 36.4 Å². The van der Waals surface area contributed by atoms with Gasteiger partial charge in [-0.3, -0.25) is 9.59 Å². The summed E-state index contributed by atoms with van der Waals surface area (Å²) in [7, 11) is 0. The lowest BCUT2D eigenvalue weighted by atomic mass is 9.81. The number of hydrogen-bond acceptors (Lipinski definition) is 6. The molecule has 3 aliphatic rings. The SMILES string of the molecule is NC(=O)c1ccc(C(N)=O)c2c1CC2.O=C1OCCOC(=O)c2ccc1cc2. The molecule has 0 spiro atoms. The monoisotopic (exact) mass is 382 g/mol. The predicted octanol–water partition coefficient (Wildman–Crippen LogP) is 0.997. The van der Waals surface area contributed by atoms with Crippen molar-refractivity contribution >= 4 is 23.8 Å². The van der Waals surface area contributed by atoms with Crippen molar-refractivity contribution in [1.82, 2.24) is 0 Å². The lowest BCUT2D eigenvalue weighted by Gasteiger charge is -2.23. The molecule has 0 fully saturated rings. The van der Waals surface area contributed by atoms with E-state index < -0.39 is 23.8 Å². The maximum Gasteiger partial charge on any atom is 0.338 e. The van der Waals surface area contributed by atoms with Gasteiger partial charge >= 0.3 is 11.9 Å². The Bertz CT molecular complexity index is 887. The van der Waals surface area contributed by atoms with Crippen LogP contribution in [0.2, 0.25) is 0 Å². The zero-order valence-corrected chi connectivity index (χ0v) is 14.9. The second kappa shape index (κ2) is 7.91. The summed E-state index contributed by atoms with van der Waals surface area (Å²) in [5, 5.41) is 0. The number of carbonyl (C=O) groups is 4. The highest BCUT2D eigenvalue weighted by Crippen LogP contribution is 2.29. The highest BCUT2D eigenvalue weighted by atomic mass is 16.6. The van der Waals surface area contributed by atoms with Crippen LogP contribution in [0.15, 0.2) is 36.4 Å². The molecule has 5 rings (SSSR count). The number of esters is 2. The van der Waals surface area contributed by atoms with E-state index in [4.69, 9.17) is 20.9 Å². The normalized spacial score (nSPS) is 14.4. The van der Waals surface area contributed by atoms with Crippen molar-refractivity contribution in [3.05, 3.63) is 69.8 Å². The number of hydrogen-bond donors (Lipinski definition) is 2. The molecule has 2 bridgehead atoms. The first-order valence-electron chi connectivity index (χ1n) is 8.57. The minimum absolute atomic E-state index is 0.100. The van der Waals surface area contributed by atoms with E-state index in [0.29, 0.717) is 22.3 Å². The average molecular weight is 382 g/mol. The summed E-state index contributed by atoms with van der Waals surface area (Å²) in [5.74, 6) is -1.68. The van der Waals surface area contributed by atoms with Crippen LogP contribution >= 0.6 is 0 Å². The molecule has 2 aromatic rings. The first-order chi connectivity index (χ1) is 13.4. The van der Waals surface area contributed by atoms with Gasteiger partial charge in [-0.1, -0.05) is 0 Å². The van der Waals surface area contributed by atoms with E-state index in [1.165, 1.54) is 0 Å². The molecule has 2 aromatic carbocycles. The van der Waals surface area contributed by atoms with E-state index >= 15 is 0 Å². The van der Waals surface area contributed by atoms with Crippen LogP contribution in [0.3, 0.4) is 0 Å². The zero-order chi connectivity index (χ0) is 20.3. The Morgan fingerprint density at radius 3 is 1.32 bits per heavy atom. The fraction of sp³-hybridized carbons (Fsp3) is 0.200. The Hall–Kier alpha value is -3.68. The van der Waals surface area contributed by atoms with Crippen molar-refractivity contribution in [2.75, 3.05) is 13.2 Å². The third-order valence-electron chi connectivity index (χ3n) is 4.49. The summed E-state index contributed by atoms with van der Waals surface area (Å²) in [4.78, 5) is 44.5. The number of primary amides is 2. The van der Waals surface area contributed by atoms with Gasteiger partial charge in [-0.2, -0.15) is 0 Å². The van der Waals surface area contributed by atoms with Crippen molar-refractivity contribution in [3.8, 4) is 0 Å². The van der Waals surface area contributed by atoms with Gasteiger partial charge in [0.25, 0.3) is 0 Å². The summed E-state index contributed by atoms with van der Waals surface area (Å²) >= 11 is 0. The molecular weight excluding hydrogens is 364 g/mol. The zero-order valence-electron chi connectivity index (χ0n) is 14.9. The molecule has 0 atom stereocenters. The molecular formula is C20H18N2O6. The predicted molar refractivity (Wildman–Crippen MR) is 97.9 cm³/mol. The second-order valence-corrected chi connectivity index (χ2v) is 6.20. The summed E-state index contributed by atoms with van der Waals surface area (Å²) in [6, 6.07) is 9.32. The number of ether oxygens (including phenoxy) is 2. The number of carbonyl (C=O) groups excluding carboxylic acids is 4. The van der Waals surface area contributed by atoms with Gasteiger partial charge < -0.3 is 20.9 Å². The maximum absolute atomic E-state index is 11.3. The molecule has 8 heteroatoms. The van der Waals surface area contributed by atoms with E-state index in [2.05, 4.69) is 0 Å². The Balaban J connectivity index is 0.000000161. The van der Waals surface area contributed by atoms with Gasteiger partial charge in [0.2, 0.25) is 11.8 Å². The fourth-order valence-electron chi connectivity index (χ4n) is 2.98. The molecule has 0 aromatic heterocycles. The number of benzene rings is 2. The molecule has 2 heterocycles. The van der Waals surface area contributed by atoms with Crippen LogP contribution in [0.25, 0.3) is 0 Å². The lowest BCUT2D eigenvalue weighted by Crippen LogP contribution is -2.25. The summed E-state index contributed by atoms with van der Waals surface area (Å²) < 4.78 is 9.66. The Kier molecular flexibility index (Phi) is 5.39. The number of nitrogens with two attached hydrogens (primary N) is 2. The fourth-order valence-corrected chi connectivity index (χ4v) is 2.98. The first kappa shape index (κ1) is 19.1. The molecule has 0 saturated heterocycles. The van der Waals surface area contributed by atoms with E-state index in [0.717, 1.165) is 24.0 Å². The molecule has 2 amide bonds. The minimum Gasteiger partial charge on any atom is -0.458 e. The lowest BCUT2D eigenvalue weighted by molar-refractivity contribution is 0.0260. The van der Waals surface area contributed by atoms with Crippen LogP contribution in [0, 0.1) is 0 Å². The molecule has 0 radical (unpaired) electrons. The van der Waals surface area contributed by atoms with Crippen LogP contribution in [0.4, 0.5) is 0 Å². The highest BCUT2D eigenvalue weighted by Gasteiger charge is 2.24. The van der Waals surface area contributed by atoms with Gasteiger partial charge in [0.15, 0.2) is 0 Å². The molecule has 1 aliphatic carbocycles.